The van der Waals surface area contributed by atoms with Gasteiger partial charge in [-0.05, 0) is 37.6 Å². The molecule has 3 rings (SSSR count). The van der Waals surface area contributed by atoms with E-state index in [2.05, 4.69) is 20.2 Å². The van der Waals surface area contributed by atoms with E-state index in [1.54, 1.807) is 12.3 Å². The van der Waals surface area contributed by atoms with Gasteiger partial charge >= 0.3 is 0 Å². The van der Waals surface area contributed by atoms with Gasteiger partial charge in [-0.15, -0.1) is 0 Å². The molecule has 3 N–H and O–H groups in total. The molecule has 0 saturated carbocycles. The third kappa shape index (κ3) is 4.26. The van der Waals surface area contributed by atoms with E-state index < -0.39 is 0 Å². The van der Waals surface area contributed by atoms with Crippen molar-refractivity contribution in [2.75, 3.05) is 24.1 Å². The fourth-order valence-electron chi connectivity index (χ4n) is 2.87. The molecule has 2 aromatic rings. The smallest absolute Gasteiger partial charge is 0.228 e. The number of para-hydroxylation sites is 1. The lowest BCUT2D eigenvalue weighted by atomic mass is 9.97. The monoisotopic (exact) mass is 311 g/mol. The molecule has 1 amide bonds. The van der Waals surface area contributed by atoms with Crippen molar-refractivity contribution in [2.45, 2.75) is 19.4 Å². The Morgan fingerprint density at radius 2 is 2.13 bits per heavy atom. The van der Waals surface area contributed by atoms with Gasteiger partial charge in [0.2, 0.25) is 5.91 Å². The van der Waals surface area contributed by atoms with Crippen LogP contribution in [-0.4, -0.2) is 33.9 Å². The van der Waals surface area contributed by atoms with Crippen molar-refractivity contribution in [3.63, 3.8) is 0 Å². The zero-order valence-corrected chi connectivity index (χ0v) is 13.0. The average molecular weight is 311 g/mol. The maximum absolute atomic E-state index is 12.4. The zero-order valence-electron chi connectivity index (χ0n) is 13.0. The summed E-state index contributed by atoms with van der Waals surface area (Å²) in [6.07, 6.45) is 3.57. The van der Waals surface area contributed by atoms with Crippen LogP contribution in [0.3, 0.4) is 0 Å². The molecule has 1 aliphatic heterocycles. The third-order valence-electron chi connectivity index (χ3n) is 4.01. The van der Waals surface area contributed by atoms with Crippen molar-refractivity contribution in [1.82, 2.24) is 14.9 Å². The number of carbonyl (C=O) groups is 1. The molecule has 120 valence electrons. The maximum atomic E-state index is 12.4. The Morgan fingerprint density at radius 3 is 2.91 bits per heavy atom. The van der Waals surface area contributed by atoms with E-state index in [4.69, 9.17) is 5.73 Å². The van der Waals surface area contributed by atoms with Gasteiger partial charge in [0.15, 0.2) is 0 Å². The number of nitrogens with zero attached hydrogens (tertiary/aromatic N) is 3. The number of nitrogen functional groups attached to an aromatic ring is 1. The van der Waals surface area contributed by atoms with Crippen LogP contribution in [0.15, 0.2) is 42.6 Å². The topological polar surface area (TPSA) is 84.1 Å². The third-order valence-corrected chi connectivity index (χ3v) is 4.01. The number of benzene rings is 1. The number of piperidine rings is 1. The Labute approximate surface area is 135 Å². The van der Waals surface area contributed by atoms with Gasteiger partial charge < -0.3 is 11.1 Å². The molecule has 0 aliphatic carbocycles. The lowest BCUT2D eigenvalue weighted by Gasteiger charge is -2.31. The van der Waals surface area contributed by atoms with Crippen molar-refractivity contribution in [3.8, 4) is 0 Å². The molecule has 6 nitrogen and oxygen atoms in total. The zero-order chi connectivity index (χ0) is 16.1. The van der Waals surface area contributed by atoms with E-state index in [9.17, 15) is 4.79 Å². The van der Waals surface area contributed by atoms with Crippen LogP contribution in [0.2, 0.25) is 0 Å². The van der Waals surface area contributed by atoms with E-state index in [0.29, 0.717) is 18.2 Å². The van der Waals surface area contributed by atoms with Crippen LogP contribution in [-0.2, 0) is 11.3 Å². The van der Waals surface area contributed by atoms with Crippen LogP contribution in [0.25, 0.3) is 0 Å². The van der Waals surface area contributed by atoms with Crippen LogP contribution in [0, 0.1) is 5.92 Å². The van der Waals surface area contributed by atoms with Crippen molar-refractivity contribution >= 4 is 17.4 Å². The molecule has 1 aliphatic rings. The number of hydrogen-bond acceptors (Lipinski definition) is 5. The maximum Gasteiger partial charge on any atom is 0.228 e. The Kier molecular flexibility index (Phi) is 4.83. The second kappa shape index (κ2) is 7.19. The van der Waals surface area contributed by atoms with Crippen molar-refractivity contribution in [1.29, 1.82) is 0 Å². The number of likely N-dealkylation sites (tertiary alicyclic amines) is 1. The first-order valence-electron chi connectivity index (χ1n) is 7.86. The second-order valence-corrected chi connectivity index (χ2v) is 5.83. The SMILES string of the molecule is Nc1ccnc(CN2CCCC(C(=O)Nc3ccccc3)C2)n1. The number of amides is 1. The first kappa shape index (κ1) is 15.4. The molecule has 1 saturated heterocycles. The number of rotatable bonds is 4. The highest BCUT2D eigenvalue weighted by Gasteiger charge is 2.26. The molecule has 0 radical (unpaired) electrons. The molecule has 0 spiro atoms. The minimum atomic E-state index is -0.00925. The van der Waals surface area contributed by atoms with Gasteiger partial charge in [0.05, 0.1) is 12.5 Å². The predicted molar refractivity (Wildman–Crippen MR) is 89.5 cm³/mol. The summed E-state index contributed by atoms with van der Waals surface area (Å²) in [4.78, 5) is 23.1. The van der Waals surface area contributed by atoms with Crippen molar-refractivity contribution in [3.05, 3.63) is 48.4 Å². The van der Waals surface area contributed by atoms with Gasteiger partial charge in [0, 0.05) is 18.4 Å². The van der Waals surface area contributed by atoms with E-state index in [1.165, 1.54) is 0 Å². The fraction of sp³-hybridized carbons (Fsp3) is 0.353. The summed E-state index contributed by atoms with van der Waals surface area (Å²) >= 11 is 0. The predicted octanol–water partition coefficient (Wildman–Crippen LogP) is 1.91. The van der Waals surface area contributed by atoms with Gasteiger partial charge in [0.1, 0.15) is 11.6 Å². The number of anilines is 2. The lowest BCUT2D eigenvalue weighted by Crippen LogP contribution is -2.40. The number of nitrogens with one attached hydrogen (secondary N) is 1. The standard InChI is InChI=1S/C17H21N5O/c18-15-8-9-19-16(21-15)12-22-10-4-5-13(11-22)17(23)20-14-6-2-1-3-7-14/h1-3,6-9,13H,4-5,10-12H2,(H,20,23)(H2,18,19,21). The highest BCUT2D eigenvalue weighted by atomic mass is 16.1. The largest absolute Gasteiger partial charge is 0.384 e. The van der Waals surface area contributed by atoms with Crippen LogP contribution in [0.4, 0.5) is 11.5 Å². The second-order valence-electron chi connectivity index (χ2n) is 5.83. The minimum absolute atomic E-state index is 0.00925. The van der Waals surface area contributed by atoms with E-state index >= 15 is 0 Å². The molecule has 1 unspecified atom stereocenters. The van der Waals surface area contributed by atoms with Gasteiger partial charge in [-0.1, -0.05) is 18.2 Å². The number of hydrogen-bond donors (Lipinski definition) is 2. The summed E-state index contributed by atoms with van der Waals surface area (Å²) in [7, 11) is 0. The van der Waals surface area contributed by atoms with Crippen LogP contribution < -0.4 is 11.1 Å². The highest BCUT2D eigenvalue weighted by molar-refractivity contribution is 5.92. The first-order chi connectivity index (χ1) is 11.2. The highest BCUT2D eigenvalue weighted by Crippen LogP contribution is 2.20. The summed E-state index contributed by atoms with van der Waals surface area (Å²) in [5.41, 5.74) is 6.53. The summed E-state index contributed by atoms with van der Waals surface area (Å²) in [6.45, 7) is 2.30. The fourth-order valence-corrected chi connectivity index (χ4v) is 2.87. The molecular formula is C17H21N5O. The van der Waals surface area contributed by atoms with E-state index in [0.717, 1.165) is 31.6 Å². The van der Waals surface area contributed by atoms with Gasteiger partial charge in [0.25, 0.3) is 0 Å². The van der Waals surface area contributed by atoms with Gasteiger partial charge in [-0.2, -0.15) is 0 Å². The van der Waals surface area contributed by atoms with Crippen LogP contribution >= 0.6 is 0 Å². The van der Waals surface area contributed by atoms with E-state index in [-0.39, 0.29) is 11.8 Å². The molecule has 1 aromatic heterocycles. The quantitative estimate of drug-likeness (QED) is 0.901. The molecule has 23 heavy (non-hydrogen) atoms. The molecule has 2 heterocycles. The summed E-state index contributed by atoms with van der Waals surface area (Å²) in [5.74, 6) is 1.25. The lowest BCUT2D eigenvalue weighted by molar-refractivity contribution is -0.121. The van der Waals surface area contributed by atoms with Gasteiger partial charge in [-0.3, -0.25) is 9.69 Å². The molecule has 6 heteroatoms. The van der Waals surface area contributed by atoms with E-state index in [1.807, 2.05) is 30.3 Å². The number of carbonyl (C=O) groups excluding carboxylic acids is 1. The molecule has 1 aromatic carbocycles. The Bertz CT molecular complexity index is 661. The number of nitrogens with two attached hydrogens (primary N) is 1. The minimum Gasteiger partial charge on any atom is -0.384 e. The normalized spacial score (nSPS) is 18.5. The average Bonchev–Trinajstić information content (AvgIpc) is 2.56. The molecule has 1 fully saturated rings. The van der Waals surface area contributed by atoms with Crippen molar-refractivity contribution in [2.24, 2.45) is 5.92 Å². The molecule has 0 bridgehead atoms. The van der Waals surface area contributed by atoms with Gasteiger partial charge in [-0.25, -0.2) is 9.97 Å². The molecular weight excluding hydrogens is 290 g/mol. The first-order valence-corrected chi connectivity index (χ1v) is 7.86. The summed E-state index contributed by atoms with van der Waals surface area (Å²) in [5, 5.41) is 2.99. The van der Waals surface area contributed by atoms with Crippen LogP contribution in [0.1, 0.15) is 18.7 Å². The summed E-state index contributed by atoms with van der Waals surface area (Å²) in [6, 6.07) is 11.2. The Balaban J connectivity index is 1.58. The summed E-state index contributed by atoms with van der Waals surface area (Å²) < 4.78 is 0. The number of aromatic nitrogens is 2. The Morgan fingerprint density at radius 1 is 1.30 bits per heavy atom. The van der Waals surface area contributed by atoms with Crippen molar-refractivity contribution < 1.29 is 4.79 Å². The Hall–Kier alpha value is -2.47. The van der Waals surface area contributed by atoms with Crippen LogP contribution in [0.5, 0.6) is 0 Å². The molecule has 1 atom stereocenters.